The molecule has 3 atom stereocenters. The highest BCUT2D eigenvalue weighted by molar-refractivity contribution is 5.76. The molecule has 2 aliphatic heterocycles. The molecule has 0 radical (unpaired) electrons. The van der Waals surface area contributed by atoms with Crippen molar-refractivity contribution in [1.82, 2.24) is 19.8 Å². The highest BCUT2D eigenvalue weighted by Gasteiger charge is 2.46. The van der Waals surface area contributed by atoms with Gasteiger partial charge in [-0.3, -0.25) is 4.57 Å². The maximum absolute atomic E-state index is 11.8. The molecule has 1 amide bonds. The van der Waals surface area contributed by atoms with Crippen molar-refractivity contribution in [3.8, 4) is 6.19 Å². The number of nitrogens with one attached hydrogen (secondary N) is 1. The highest BCUT2D eigenvalue weighted by atomic mass is 16.2. The average Bonchev–Trinajstić information content (AvgIpc) is 3.04. The second-order valence-corrected chi connectivity index (χ2v) is 4.57. The van der Waals surface area contributed by atoms with E-state index in [1.807, 2.05) is 4.90 Å². The molecule has 6 heteroatoms. The molecule has 1 N–H and O–H groups in total. The number of hydrogen-bond donors (Lipinski definition) is 1. The number of nitrogens with zero attached hydrogens (tertiary/aromatic N) is 4. The number of carbonyl (C=O) groups is 1. The van der Waals surface area contributed by atoms with E-state index in [1.54, 1.807) is 12.4 Å². The van der Waals surface area contributed by atoms with Gasteiger partial charge in [-0.2, -0.15) is 5.26 Å². The summed E-state index contributed by atoms with van der Waals surface area (Å²) < 4.78 is 1.42. The molecule has 0 aliphatic carbocycles. The zero-order chi connectivity index (χ0) is 11.8. The Balaban J connectivity index is 1.68. The number of imidazole rings is 1. The molecule has 3 heterocycles. The molecule has 0 spiro atoms. The Labute approximate surface area is 98.8 Å². The number of rotatable bonds is 1. The van der Waals surface area contributed by atoms with Gasteiger partial charge >= 0.3 is 6.03 Å². The number of hydrogen-bond acceptors (Lipinski definition) is 4. The van der Waals surface area contributed by atoms with E-state index in [1.165, 1.54) is 10.9 Å². The van der Waals surface area contributed by atoms with Crippen molar-refractivity contribution in [3.63, 3.8) is 0 Å². The van der Waals surface area contributed by atoms with Crippen LogP contribution in [-0.4, -0.2) is 38.6 Å². The second-order valence-electron chi connectivity index (χ2n) is 4.57. The van der Waals surface area contributed by atoms with Crippen molar-refractivity contribution in [2.24, 2.45) is 0 Å². The predicted octanol–water partition coefficient (Wildman–Crippen LogP) is 0.527. The van der Waals surface area contributed by atoms with Gasteiger partial charge < -0.3 is 10.2 Å². The summed E-state index contributed by atoms with van der Waals surface area (Å²) in [6, 6.07) is 0.414. The molecule has 2 fully saturated rings. The summed E-state index contributed by atoms with van der Waals surface area (Å²) in [6.07, 6.45) is 9.82. The number of amides is 1. The van der Waals surface area contributed by atoms with E-state index in [-0.39, 0.29) is 18.1 Å². The highest BCUT2D eigenvalue weighted by Crippen LogP contribution is 2.36. The van der Waals surface area contributed by atoms with Crippen LogP contribution < -0.4 is 5.32 Å². The zero-order valence-electron chi connectivity index (χ0n) is 9.28. The van der Waals surface area contributed by atoms with Crippen LogP contribution in [0.25, 0.3) is 0 Å². The zero-order valence-corrected chi connectivity index (χ0v) is 9.28. The van der Waals surface area contributed by atoms with Crippen LogP contribution in [0.15, 0.2) is 18.7 Å². The Kier molecular flexibility index (Phi) is 2.25. The Bertz CT molecular complexity index is 463. The van der Waals surface area contributed by atoms with Crippen LogP contribution in [0.1, 0.15) is 19.3 Å². The van der Waals surface area contributed by atoms with Gasteiger partial charge in [-0.1, -0.05) is 0 Å². The summed E-state index contributed by atoms with van der Waals surface area (Å²) in [5.41, 5.74) is 0. The van der Waals surface area contributed by atoms with Crippen LogP contribution >= 0.6 is 0 Å². The minimum absolute atomic E-state index is 0.0864. The van der Waals surface area contributed by atoms with Crippen LogP contribution in [0.2, 0.25) is 0 Å². The molecule has 1 aromatic heterocycles. The number of nitriles is 1. The fraction of sp³-hybridized carbons (Fsp3) is 0.545. The van der Waals surface area contributed by atoms with Crippen LogP contribution in [0, 0.1) is 11.5 Å². The number of carbonyl (C=O) groups excluding carboxylic acids is 1. The first-order valence-corrected chi connectivity index (χ1v) is 5.76. The lowest BCUT2D eigenvalue weighted by Crippen LogP contribution is -2.44. The van der Waals surface area contributed by atoms with E-state index < -0.39 is 0 Å². The molecule has 3 rings (SSSR count). The van der Waals surface area contributed by atoms with E-state index in [0.717, 1.165) is 19.3 Å². The van der Waals surface area contributed by atoms with E-state index in [0.29, 0.717) is 6.04 Å². The standard InChI is InChI=1S/C11H13N5O/c12-6-16-8-1-2-10(16)9(5-8)14-11(17)15-4-3-13-7-15/h3-4,7-10H,1-2,5H2,(H,14,17)/t8-,9+,10?/m0/s1. The molecule has 0 saturated carbocycles. The van der Waals surface area contributed by atoms with Crippen molar-refractivity contribution >= 4 is 6.03 Å². The van der Waals surface area contributed by atoms with Gasteiger partial charge in [-0.25, -0.2) is 9.78 Å². The van der Waals surface area contributed by atoms with Crippen LogP contribution in [0.5, 0.6) is 0 Å². The summed E-state index contributed by atoms with van der Waals surface area (Å²) in [6.45, 7) is 0. The predicted molar refractivity (Wildman–Crippen MR) is 58.8 cm³/mol. The van der Waals surface area contributed by atoms with Crippen molar-refractivity contribution in [3.05, 3.63) is 18.7 Å². The molecule has 2 aliphatic rings. The lowest BCUT2D eigenvalue weighted by atomic mass is 9.96. The van der Waals surface area contributed by atoms with Gasteiger partial charge in [-0.15, -0.1) is 0 Å². The minimum atomic E-state index is -0.169. The van der Waals surface area contributed by atoms with Crippen molar-refractivity contribution < 1.29 is 4.79 Å². The summed E-state index contributed by atoms with van der Waals surface area (Å²) in [7, 11) is 0. The monoisotopic (exact) mass is 231 g/mol. The summed E-state index contributed by atoms with van der Waals surface area (Å²) in [4.78, 5) is 17.5. The van der Waals surface area contributed by atoms with E-state index in [2.05, 4.69) is 16.5 Å². The average molecular weight is 231 g/mol. The molecule has 2 bridgehead atoms. The first-order valence-electron chi connectivity index (χ1n) is 5.76. The summed E-state index contributed by atoms with van der Waals surface area (Å²) >= 11 is 0. The fourth-order valence-corrected chi connectivity index (χ4v) is 2.91. The lowest BCUT2D eigenvalue weighted by molar-refractivity contribution is 0.234. The normalized spacial score (nSPS) is 30.3. The molecule has 1 aromatic rings. The Morgan fingerprint density at radius 1 is 1.53 bits per heavy atom. The molecule has 88 valence electrons. The first-order chi connectivity index (χ1) is 8.29. The largest absolute Gasteiger partial charge is 0.332 e. The maximum Gasteiger partial charge on any atom is 0.327 e. The van der Waals surface area contributed by atoms with Crippen molar-refractivity contribution in [2.75, 3.05) is 0 Å². The van der Waals surface area contributed by atoms with Gasteiger partial charge in [0, 0.05) is 18.4 Å². The first kappa shape index (κ1) is 10.1. The summed E-state index contributed by atoms with van der Waals surface area (Å²) in [5.74, 6) is 0. The molecule has 0 aromatic carbocycles. The third-order valence-electron chi connectivity index (χ3n) is 3.70. The smallest absolute Gasteiger partial charge is 0.327 e. The van der Waals surface area contributed by atoms with E-state index in [9.17, 15) is 4.79 Å². The second kappa shape index (κ2) is 3.77. The molecular weight excluding hydrogens is 218 g/mol. The van der Waals surface area contributed by atoms with Gasteiger partial charge in [0.05, 0.1) is 12.1 Å². The molecule has 1 unspecified atom stereocenters. The Hall–Kier alpha value is -2.03. The van der Waals surface area contributed by atoms with E-state index in [4.69, 9.17) is 5.26 Å². The lowest BCUT2D eigenvalue weighted by Gasteiger charge is -2.21. The minimum Gasteiger partial charge on any atom is -0.332 e. The topological polar surface area (TPSA) is 74.0 Å². The van der Waals surface area contributed by atoms with Gasteiger partial charge in [0.15, 0.2) is 6.19 Å². The summed E-state index contributed by atoms with van der Waals surface area (Å²) in [5, 5.41) is 12.0. The quantitative estimate of drug-likeness (QED) is 0.715. The van der Waals surface area contributed by atoms with Gasteiger partial charge in [-0.05, 0) is 19.3 Å². The van der Waals surface area contributed by atoms with E-state index >= 15 is 0 Å². The number of fused-ring (bicyclic) bond motifs is 2. The van der Waals surface area contributed by atoms with Crippen LogP contribution in [0.3, 0.4) is 0 Å². The Morgan fingerprint density at radius 3 is 3.06 bits per heavy atom. The van der Waals surface area contributed by atoms with Gasteiger partial charge in [0.2, 0.25) is 0 Å². The molecule has 2 saturated heterocycles. The third-order valence-corrected chi connectivity index (χ3v) is 3.70. The maximum atomic E-state index is 11.8. The van der Waals surface area contributed by atoms with Crippen LogP contribution in [0.4, 0.5) is 4.79 Å². The number of aromatic nitrogens is 2. The Morgan fingerprint density at radius 2 is 2.41 bits per heavy atom. The SMILES string of the molecule is N#CN1C2CC[C@H]1C[C@H]2NC(=O)n1ccnc1. The van der Waals surface area contributed by atoms with Crippen molar-refractivity contribution in [1.29, 1.82) is 5.26 Å². The molecule has 17 heavy (non-hydrogen) atoms. The van der Waals surface area contributed by atoms with Crippen LogP contribution in [-0.2, 0) is 0 Å². The third kappa shape index (κ3) is 1.55. The van der Waals surface area contributed by atoms with Crippen molar-refractivity contribution in [2.45, 2.75) is 37.4 Å². The van der Waals surface area contributed by atoms with Gasteiger partial charge in [0.25, 0.3) is 0 Å². The molecular formula is C11H13N5O. The van der Waals surface area contributed by atoms with Gasteiger partial charge in [0.1, 0.15) is 6.33 Å². The molecule has 6 nitrogen and oxygen atoms in total. The fourth-order valence-electron chi connectivity index (χ4n) is 2.91.